The van der Waals surface area contributed by atoms with E-state index in [1.807, 2.05) is 0 Å². The summed E-state index contributed by atoms with van der Waals surface area (Å²) in [7, 11) is 0. The normalized spacial score (nSPS) is 15.6. The van der Waals surface area contributed by atoms with Crippen molar-refractivity contribution in [3.8, 4) is 0 Å². The molecule has 0 saturated carbocycles. The zero-order valence-electron chi connectivity index (χ0n) is 12.5. The molecule has 2 rings (SSSR count). The SMILES string of the molecule is O=C(O)C1=CC=C(NC(=O)c2ccccc2Cl)CC1(C(=O)O)C(=O)O. The summed E-state index contributed by atoms with van der Waals surface area (Å²) < 4.78 is 0. The number of hydrogen-bond acceptors (Lipinski definition) is 4. The molecule has 1 aromatic rings. The maximum absolute atomic E-state index is 12.2. The van der Waals surface area contributed by atoms with Gasteiger partial charge in [-0.15, -0.1) is 0 Å². The van der Waals surface area contributed by atoms with Crippen LogP contribution in [0.1, 0.15) is 16.8 Å². The van der Waals surface area contributed by atoms with Crippen molar-refractivity contribution in [2.75, 3.05) is 0 Å². The number of amides is 1. The lowest BCUT2D eigenvalue weighted by Crippen LogP contribution is -2.46. The van der Waals surface area contributed by atoms with E-state index in [2.05, 4.69) is 5.32 Å². The van der Waals surface area contributed by atoms with Crippen molar-refractivity contribution in [2.45, 2.75) is 6.42 Å². The molecule has 0 aromatic heterocycles. The van der Waals surface area contributed by atoms with Gasteiger partial charge in [-0.2, -0.15) is 0 Å². The molecular formula is C16H12ClNO7. The van der Waals surface area contributed by atoms with Gasteiger partial charge in [0.1, 0.15) is 0 Å². The van der Waals surface area contributed by atoms with E-state index in [0.717, 1.165) is 12.2 Å². The van der Waals surface area contributed by atoms with Crippen LogP contribution in [-0.2, 0) is 14.4 Å². The number of carbonyl (C=O) groups excluding carboxylic acids is 1. The average Bonchev–Trinajstić information content (AvgIpc) is 2.54. The van der Waals surface area contributed by atoms with Crippen LogP contribution in [0, 0.1) is 5.41 Å². The van der Waals surface area contributed by atoms with E-state index in [1.165, 1.54) is 12.1 Å². The first-order chi connectivity index (χ1) is 11.7. The Hall–Kier alpha value is -3.13. The van der Waals surface area contributed by atoms with Gasteiger partial charge in [0.05, 0.1) is 16.2 Å². The summed E-state index contributed by atoms with van der Waals surface area (Å²) in [5.41, 5.74) is -3.46. The van der Waals surface area contributed by atoms with Gasteiger partial charge in [-0.1, -0.05) is 23.7 Å². The summed E-state index contributed by atoms with van der Waals surface area (Å²) in [6.45, 7) is 0. The van der Waals surface area contributed by atoms with Crippen molar-refractivity contribution < 1.29 is 34.5 Å². The second-order valence-corrected chi connectivity index (χ2v) is 5.61. The van der Waals surface area contributed by atoms with Crippen LogP contribution in [0.5, 0.6) is 0 Å². The standard InChI is InChI=1S/C16H12ClNO7/c17-11-4-2-1-3-9(11)12(19)18-8-5-6-10(13(20)21)16(7-8,14(22)23)15(24)25/h1-6H,7H2,(H,18,19)(H,20,21)(H,22,23)(H,24,25). The minimum absolute atomic E-state index is 0.0558. The lowest BCUT2D eigenvalue weighted by Gasteiger charge is -2.29. The highest BCUT2D eigenvalue weighted by Crippen LogP contribution is 2.38. The number of nitrogens with one attached hydrogen (secondary N) is 1. The molecule has 0 heterocycles. The largest absolute Gasteiger partial charge is 0.480 e. The van der Waals surface area contributed by atoms with Gasteiger partial charge < -0.3 is 20.6 Å². The van der Waals surface area contributed by atoms with E-state index in [9.17, 15) is 29.4 Å². The number of benzene rings is 1. The topological polar surface area (TPSA) is 141 Å². The Morgan fingerprint density at radius 2 is 1.60 bits per heavy atom. The van der Waals surface area contributed by atoms with Crippen molar-refractivity contribution in [1.82, 2.24) is 5.32 Å². The molecule has 0 fully saturated rings. The number of carboxylic acid groups (broad SMARTS) is 3. The molecule has 1 aliphatic carbocycles. The minimum Gasteiger partial charge on any atom is -0.480 e. The zero-order chi connectivity index (χ0) is 18.8. The first kappa shape index (κ1) is 18.2. The molecule has 1 aromatic carbocycles. The van der Waals surface area contributed by atoms with Gasteiger partial charge in [0.2, 0.25) is 5.41 Å². The van der Waals surface area contributed by atoms with Crippen molar-refractivity contribution in [3.63, 3.8) is 0 Å². The lowest BCUT2D eigenvalue weighted by atomic mass is 9.73. The van der Waals surface area contributed by atoms with Gasteiger partial charge in [0.25, 0.3) is 5.91 Å². The van der Waals surface area contributed by atoms with Crippen molar-refractivity contribution >= 4 is 35.4 Å². The van der Waals surface area contributed by atoms with Gasteiger partial charge >= 0.3 is 17.9 Å². The summed E-state index contributed by atoms with van der Waals surface area (Å²) in [5.74, 6) is -6.02. The summed E-state index contributed by atoms with van der Waals surface area (Å²) in [4.78, 5) is 46.6. The van der Waals surface area contributed by atoms with Crippen molar-refractivity contribution in [2.24, 2.45) is 5.41 Å². The maximum atomic E-state index is 12.2. The minimum atomic E-state index is -2.70. The van der Waals surface area contributed by atoms with Crippen LogP contribution in [0.4, 0.5) is 0 Å². The van der Waals surface area contributed by atoms with Crippen LogP contribution < -0.4 is 5.32 Å². The Bertz CT molecular complexity index is 827. The molecule has 0 aliphatic heterocycles. The zero-order valence-corrected chi connectivity index (χ0v) is 13.3. The first-order valence-corrected chi connectivity index (χ1v) is 7.25. The molecular weight excluding hydrogens is 354 g/mol. The van der Waals surface area contributed by atoms with Crippen LogP contribution >= 0.6 is 11.6 Å². The number of carbonyl (C=O) groups is 4. The summed E-state index contributed by atoms with van der Waals surface area (Å²) in [5, 5.41) is 30.3. The number of aliphatic carboxylic acids is 3. The lowest BCUT2D eigenvalue weighted by molar-refractivity contribution is -0.164. The molecule has 0 unspecified atom stereocenters. The van der Waals surface area contributed by atoms with Crippen LogP contribution in [0.3, 0.4) is 0 Å². The molecule has 130 valence electrons. The van der Waals surface area contributed by atoms with E-state index in [-0.39, 0.29) is 16.3 Å². The highest BCUT2D eigenvalue weighted by Gasteiger charge is 2.54. The molecule has 4 N–H and O–H groups in total. The van der Waals surface area contributed by atoms with Crippen LogP contribution in [0.15, 0.2) is 47.7 Å². The summed E-state index contributed by atoms with van der Waals surface area (Å²) in [6, 6.07) is 6.09. The molecule has 25 heavy (non-hydrogen) atoms. The van der Waals surface area contributed by atoms with Crippen molar-refractivity contribution in [3.05, 3.63) is 58.3 Å². The fraction of sp³-hybridized carbons (Fsp3) is 0.125. The fourth-order valence-electron chi connectivity index (χ4n) is 2.44. The monoisotopic (exact) mass is 365 g/mol. The second kappa shape index (κ2) is 6.78. The van der Waals surface area contributed by atoms with E-state index < -0.39 is 41.2 Å². The second-order valence-electron chi connectivity index (χ2n) is 5.20. The van der Waals surface area contributed by atoms with Gasteiger partial charge in [-0.3, -0.25) is 14.4 Å². The number of allylic oxidation sites excluding steroid dienone is 3. The average molecular weight is 366 g/mol. The van der Waals surface area contributed by atoms with Gasteiger partial charge in [-0.25, -0.2) is 4.79 Å². The number of rotatable bonds is 5. The Morgan fingerprint density at radius 1 is 1.00 bits per heavy atom. The molecule has 9 heteroatoms. The highest BCUT2D eigenvalue weighted by molar-refractivity contribution is 6.33. The predicted molar refractivity (Wildman–Crippen MR) is 85.0 cm³/mol. The fourth-order valence-corrected chi connectivity index (χ4v) is 2.66. The third kappa shape index (κ3) is 3.24. The smallest absolute Gasteiger partial charge is 0.333 e. The molecule has 0 saturated heterocycles. The number of carboxylic acids is 3. The van der Waals surface area contributed by atoms with Gasteiger partial charge in [-0.05, 0) is 24.3 Å². The maximum Gasteiger partial charge on any atom is 0.333 e. The van der Waals surface area contributed by atoms with Gasteiger partial charge in [0, 0.05) is 12.1 Å². The molecule has 8 nitrogen and oxygen atoms in total. The molecule has 0 atom stereocenters. The van der Waals surface area contributed by atoms with E-state index in [1.54, 1.807) is 12.1 Å². The quantitative estimate of drug-likeness (QED) is 0.579. The van der Waals surface area contributed by atoms with Crippen LogP contribution in [0.25, 0.3) is 0 Å². The highest BCUT2D eigenvalue weighted by atomic mass is 35.5. The molecule has 0 radical (unpaired) electrons. The summed E-state index contributed by atoms with van der Waals surface area (Å²) in [6.07, 6.45) is 1.28. The Labute approximate surface area is 146 Å². The third-order valence-corrected chi connectivity index (χ3v) is 4.05. The van der Waals surface area contributed by atoms with Crippen molar-refractivity contribution in [1.29, 1.82) is 0 Å². The molecule has 1 amide bonds. The van der Waals surface area contributed by atoms with Gasteiger partial charge in [0.15, 0.2) is 0 Å². The Kier molecular flexibility index (Phi) is 4.94. The van der Waals surface area contributed by atoms with E-state index in [4.69, 9.17) is 16.7 Å². The van der Waals surface area contributed by atoms with Crippen LogP contribution in [0.2, 0.25) is 5.02 Å². The number of hydrogen-bond donors (Lipinski definition) is 4. The predicted octanol–water partition coefficient (Wildman–Crippen LogP) is 1.52. The molecule has 0 bridgehead atoms. The Balaban J connectivity index is 2.40. The first-order valence-electron chi connectivity index (χ1n) is 6.87. The molecule has 0 spiro atoms. The van der Waals surface area contributed by atoms with Crippen LogP contribution in [-0.4, -0.2) is 39.1 Å². The van der Waals surface area contributed by atoms with E-state index in [0.29, 0.717) is 0 Å². The number of halogens is 1. The molecule has 1 aliphatic rings. The Morgan fingerprint density at radius 3 is 2.12 bits per heavy atom. The third-order valence-electron chi connectivity index (χ3n) is 3.72. The van der Waals surface area contributed by atoms with E-state index >= 15 is 0 Å². The summed E-state index contributed by atoms with van der Waals surface area (Å²) >= 11 is 5.90.